The lowest BCUT2D eigenvalue weighted by Crippen LogP contribution is -2.39. The minimum Gasteiger partial charge on any atom is -0.346 e. The molecule has 0 atom stereocenters. The first-order chi connectivity index (χ1) is 8.39. The molecule has 0 spiro atoms. The van der Waals surface area contributed by atoms with E-state index >= 15 is 0 Å². The molecule has 0 fully saturated rings. The Hall–Kier alpha value is -0.900. The molecule has 1 heterocycles. The van der Waals surface area contributed by atoms with E-state index in [2.05, 4.69) is 30.7 Å². The Bertz CT molecular complexity index is 488. The van der Waals surface area contributed by atoms with Crippen molar-refractivity contribution in [2.75, 3.05) is 11.9 Å². The zero-order valence-electron chi connectivity index (χ0n) is 11.7. The molecule has 0 bridgehead atoms. The van der Waals surface area contributed by atoms with Crippen LogP contribution in [-0.2, 0) is 12.8 Å². The fraction of sp³-hybridized carbons (Fsp3) is 0.714. The first-order valence-corrected chi connectivity index (χ1v) is 7.48. The standard InChI is InChI=1S/C14H22N2OS/c1-14(2,3)16(4)13-15-12(17)10-8-6-5-7-9-11(10)18-13/h5-9H2,1-4H3. The Kier molecular flexibility index (Phi) is 3.76. The second kappa shape index (κ2) is 5.00. The van der Waals surface area contributed by atoms with Crippen molar-refractivity contribution < 1.29 is 0 Å². The van der Waals surface area contributed by atoms with E-state index in [1.165, 1.54) is 17.7 Å². The van der Waals surface area contributed by atoms with Gasteiger partial charge in [-0.1, -0.05) is 6.42 Å². The second-order valence-corrected chi connectivity index (χ2v) is 7.06. The lowest BCUT2D eigenvalue weighted by molar-refractivity contribution is 0.537. The summed E-state index contributed by atoms with van der Waals surface area (Å²) in [7, 11) is 2.02. The molecule has 18 heavy (non-hydrogen) atoms. The number of hydrogen-bond acceptors (Lipinski definition) is 4. The highest BCUT2D eigenvalue weighted by molar-refractivity contribution is 7.15. The molecule has 100 valence electrons. The molecule has 0 amide bonds. The van der Waals surface area contributed by atoms with Crippen LogP contribution in [-0.4, -0.2) is 17.6 Å². The molecule has 0 aliphatic heterocycles. The van der Waals surface area contributed by atoms with E-state index in [0.29, 0.717) is 0 Å². The number of rotatable bonds is 1. The summed E-state index contributed by atoms with van der Waals surface area (Å²) < 4.78 is 0. The van der Waals surface area contributed by atoms with Crippen LogP contribution in [0, 0.1) is 0 Å². The van der Waals surface area contributed by atoms with Crippen LogP contribution in [0.5, 0.6) is 0 Å². The van der Waals surface area contributed by atoms with Crippen LogP contribution in [0.15, 0.2) is 4.79 Å². The number of aryl methyl sites for hydroxylation is 1. The Morgan fingerprint density at radius 1 is 1.17 bits per heavy atom. The van der Waals surface area contributed by atoms with Crippen molar-refractivity contribution in [1.29, 1.82) is 0 Å². The van der Waals surface area contributed by atoms with Gasteiger partial charge in [0.05, 0.1) is 0 Å². The number of fused-ring (bicyclic) bond motifs is 1. The summed E-state index contributed by atoms with van der Waals surface area (Å²) in [6, 6.07) is 0. The number of nitrogens with zero attached hydrogens (tertiary/aromatic N) is 2. The molecule has 0 saturated heterocycles. The second-order valence-electron chi connectivity index (χ2n) is 5.99. The molecule has 3 nitrogen and oxygen atoms in total. The summed E-state index contributed by atoms with van der Waals surface area (Å²) in [5.74, 6) is 0. The van der Waals surface area contributed by atoms with Gasteiger partial charge in [0, 0.05) is 23.0 Å². The van der Waals surface area contributed by atoms with E-state index in [0.717, 1.165) is 30.0 Å². The fourth-order valence-corrected chi connectivity index (χ4v) is 3.43. The molecular formula is C14H22N2OS. The summed E-state index contributed by atoms with van der Waals surface area (Å²) in [6.45, 7) is 6.41. The van der Waals surface area contributed by atoms with Crippen LogP contribution in [0.2, 0.25) is 0 Å². The molecule has 2 rings (SSSR count). The third-order valence-electron chi connectivity index (χ3n) is 3.63. The zero-order valence-corrected chi connectivity index (χ0v) is 12.6. The van der Waals surface area contributed by atoms with Gasteiger partial charge in [0.1, 0.15) is 0 Å². The summed E-state index contributed by atoms with van der Waals surface area (Å²) in [4.78, 5) is 19.8. The lowest BCUT2D eigenvalue weighted by atomic mass is 10.1. The Balaban J connectivity index is 2.44. The van der Waals surface area contributed by atoms with Crippen LogP contribution in [0.25, 0.3) is 0 Å². The molecule has 1 aliphatic rings. The van der Waals surface area contributed by atoms with Crippen molar-refractivity contribution in [3.63, 3.8) is 0 Å². The maximum Gasteiger partial charge on any atom is 0.276 e. The van der Waals surface area contributed by atoms with E-state index in [1.807, 2.05) is 7.05 Å². The third-order valence-corrected chi connectivity index (χ3v) is 4.87. The van der Waals surface area contributed by atoms with Gasteiger partial charge in [-0.25, -0.2) is 0 Å². The van der Waals surface area contributed by atoms with Gasteiger partial charge < -0.3 is 4.90 Å². The van der Waals surface area contributed by atoms with Crippen molar-refractivity contribution in [2.45, 2.75) is 58.4 Å². The van der Waals surface area contributed by atoms with Gasteiger partial charge in [0.15, 0.2) is 5.13 Å². The lowest BCUT2D eigenvalue weighted by Gasteiger charge is -2.32. The monoisotopic (exact) mass is 266 g/mol. The highest BCUT2D eigenvalue weighted by Gasteiger charge is 2.22. The molecule has 1 aromatic rings. The molecule has 0 radical (unpaired) electrons. The third kappa shape index (κ3) is 2.74. The number of hydrogen-bond donors (Lipinski definition) is 0. The summed E-state index contributed by atoms with van der Waals surface area (Å²) in [6.07, 6.45) is 5.52. The van der Waals surface area contributed by atoms with E-state index in [4.69, 9.17) is 0 Å². The zero-order chi connectivity index (χ0) is 13.3. The van der Waals surface area contributed by atoms with Crippen LogP contribution >= 0.6 is 11.3 Å². The summed E-state index contributed by atoms with van der Waals surface area (Å²) >= 11 is 1.70. The minimum absolute atomic E-state index is 0.00301. The Labute approximate surface area is 113 Å². The minimum atomic E-state index is -0.00505. The van der Waals surface area contributed by atoms with Crippen LogP contribution in [0.1, 0.15) is 50.5 Å². The Morgan fingerprint density at radius 3 is 2.50 bits per heavy atom. The van der Waals surface area contributed by atoms with Crippen LogP contribution < -0.4 is 10.5 Å². The average Bonchev–Trinajstić information content (AvgIpc) is 2.52. The first-order valence-electron chi connectivity index (χ1n) is 6.66. The molecule has 0 saturated carbocycles. The van der Waals surface area contributed by atoms with Gasteiger partial charge in [-0.3, -0.25) is 4.79 Å². The van der Waals surface area contributed by atoms with Crippen molar-refractivity contribution in [2.24, 2.45) is 0 Å². The molecule has 4 heteroatoms. The maximum atomic E-state index is 12.1. The topological polar surface area (TPSA) is 33.2 Å². The molecule has 1 aromatic heterocycles. The van der Waals surface area contributed by atoms with E-state index in [-0.39, 0.29) is 11.1 Å². The summed E-state index contributed by atoms with van der Waals surface area (Å²) in [5.41, 5.74) is 0.967. The van der Waals surface area contributed by atoms with E-state index < -0.39 is 0 Å². The first kappa shape index (κ1) is 13.5. The van der Waals surface area contributed by atoms with Crippen molar-refractivity contribution >= 4 is 16.5 Å². The molecular weight excluding hydrogens is 244 g/mol. The van der Waals surface area contributed by atoms with Crippen molar-refractivity contribution in [3.05, 3.63) is 20.8 Å². The van der Waals surface area contributed by atoms with Gasteiger partial charge in [0.2, 0.25) is 0 Å². The van der Waals surface area contributed by atoms with Crippen molar-refractivity contribution in [1.82, 2.24) is 4.98 Å². The predicted molar refractivity (Wildman–Crippen MR) is 77.8 cm³/mol. The number of anilines is 1. The predicted octanol–water partition coefficient (Wildman–Crippen LogP) is 3.01. The highest BCUT2D eigenvalue weighted by atomic mass is 32.1. The van der Waals surface area contributed by atoms with Crippen LogP contribution in [0.4, 0.5) is 5.13 Å². The molecule has 0 unspecified atom stereocenters. The molecule has 0 aromatic carbocycles. The number of aromatic nitrogens is 1. The van der Waals surface area contributed by atoms with Gasteiger partial charge in [-0.2, -0.15) is 4.98 Å². The van der Waals surface area contributed by atoms with Gasteiger partial charge in [0.25, 0.3) is 5.56 Å². The SMILES string of the molecule is CN(c1nc(=O)c2c(s1)CCCCC2)C(C)(C)C. The van der Waals surface area contributed by atoms with E-state index in [1.54, 1.807) is 11.3 Å². The maximum absolute atomic E-state index is 12.1. The average molecular weight is 266 g/mol. The summed E-state index contributed by atoms with van der Waals surface area (Å²) in [5, 5.41) is 0.855. The van der Waals surface area contributed by atoms with E-state index in [9.17, 15) is 4.79 Å². The van der Waals surface area contributed by atoms with Gasteiger partial charge in [-0.15, -0.1) is 11.3 Å². The fourth-order valence-electron chi connectivity index (χ4n) is 2.11. The smallest absolute Gasteiger partial charge is 0.276 e. The van der Waals surface area contributed by atoms with Crippen molar-refractivity contribution in [3.8, 4) is 0 Å². The normalized spacial score (nSPS) is 16.0. The molecule has 1 aliphatic carbocycles. The van der Waals surface area contributed by atoms with Gasteiger partial charge in [-0.05, 0) is 46.5 Å². The largest absolute Gasteiger partial charge is 0.346 e. The van der Waals surface area contributed by atoms with Gasteiger partial charge >= 0.3 is 0 Å². The molecule has 0 N–H and O–H groups in total. The van der Waals surface area contributed by atoms with Crippen LogP contribution in [0.3, 0.4) is 0 Å². The quantitative estimate of drug-likeness (QED) is 0.733. The highest BCUT2D eigenvalue weighted by Crippen LogP contribution is 2.29. The Morgan fingerprint density at radius 2 is 1.83 bits per heavy atom.